The van der Waals surface area contributed by atoms with Crippen molar-refractivity contribution in [1.82, 2.24) is 35.1 Å². The van der Waals surface area contributed by atoms with E-state index < -0.39 is 17.7 Å². The Morgan fingerprint density at radius 2 is 1.28 bits per heavy atom. The molecular formula is C42H49N7O5. The predicted octanol–water partition coefficient (Wildman–Crippen LogP) is 8.40. The Hall–Kier alpha value is -5.65. The molecule has 5 aromatic rings. The SMILES string of the molecule is COC(=O)N[C@H](C(=O)N1CCC[C@H]1c1ncc(-c2ccc3cc(-c4ccc(-c5cnc(C6CCCN6C(=O)OC(C)(C)C)[nH]5)cc4)ccc3c2)[nH]1)C(C)C. The number of aromatic nitrogens is 4. The zero-order valence-electron chi connectivity index (χ0n) is 31.8. The van der Waals surface area contributed by atoms with Gasteiger partial charge in [0.2, 0.25) is 5.91 Å². The number of likely N-dealkylation sites (tertiary alicyclic amines) is 2. The van der Waals surface area contributed by atoms with E-state index in [1.807, 2.05) is 51.9 Å². The highest BCUT2D eigenvalue weighted by atomic mass is 16.6. The number of methoxy groups -OCH3 is 1. The minimum atomic E-state index is -0.679. The number of alkyl carbamates (subject to hydrolysis) is 1. The van der Waals surface area contributed by atoms with Crippen LogP contribution in [0.4, 0.5) is 9.59 Å². The van der Waals surface area contributed by atoms with Gasteiger partial charge in [-0.15, -0.1) is 0 Å². The Morgan fingerprint density at radius 1 is 0.759 bits per heavy atom. The number of amides is 3. The number of fused-ring (bicyclic) bond motifs is 1. The van der Waals surface area contributed by atoms with E-state index in [2.05, 4.69) is 80.9 Å². The predicted molar refractivity (Wildman–Crippen MR) is 207 cm³/mol. The van der Waals surface area contributed by atoms with Crippen LogP contribution in [0.25, 0.3) is 44.4 Å². The third-order valence-electron chi connectivity index (χ3n) is 10.3. The highest BCUT2D eigenvalue weighted by molar-refractivity contribution is 5.91. The summed E-state index contributed by atoms with van der Waals surface area (Å²) in [6, 6.07) is 20.2. The Morgan fingerprint density at radius 3 is 1.87 bits per heavy atom. The molecule has 2 fully saturated rings. The van der Waals surface area contributed by atoms with Gasteiger partial charge in [-0.05, 0) is 92.0 Å². The monoisotopic (exact) mass is 731 g/mol. The lowest BCUT2D eigenvalue weighted by Gasteiger charge is -2.30. The van der Waals surface area contributed by atoms with Gasteiger partial charge in [-0.25, -0.2) is 19.6 Å². The first-order chi connectivity index (χ1) is 25.9. The van der Waals surface area contributed by atoms with E-state index in [4.69, 9.17) is 14.5 Å². The number of hydrogen-bond acceptors (Lipinski definition) is 7. The van der Waals surface area contributed by atoms with Gasteiger partial charge >= 0.3 is 12.2 Å². The van der Waals surface area contributed by atoms with Crippen molar-refractivity contribution in [1.29, 1.82) is 0 Å². The number of H-pyrrole nitrogens is 2. The number of benzene rings is 3. The van der Waals surface area contributed by atoms with Gasteiger partial charge in [0.05, 0.1) is 43.0 Å². The van der Waals surface area contributed by atoms with Crippen molar-refractivity contribution in [3.63, 3.8) is 0 Å². The number of carbonyl (C=O) groups is 3. The van der Waals surface area contributed by atoms with Gasteiger partial charge in [-0.3, -0.25) is 9.69 Å². The topological polar surface area (TPSA) is 146 Å². The number of nitrogens with zero attached hydrogens (tertiary/aromatic N) is 4. The maximum atomic E-state index is 13.6. The van der Waals surface area contributed by atoms with Crippen LogP contribution in [-0.4, -0.2) is 79.7 Å². The molecule has 2 saturated heterocycles. The number of ether oxygens (including phenoxy) is 2. The van der Waals surface area contributed by atoms with E-state index in [9.17, 15) is 14.4 Å². The highest BCUT2D eigenvalue weighted by Crippen LogP contribution is 2.35. The summed E-state index contributed by atoms with van der Waals surface area (Å²) in [4.78, 5) is 58.2. The molecule has 0 spiro atoms. The van der Waals surface area contributed by atoms with Crippen LogP contribution >= 0.6 is 0 Å². The molecule has 0 saturated carbocycles. The van der Waals surface area contributed by atoms with Crippen LogP contribution < -0.4 is 5.32 Å². The number of aromatic amines is 2. The van der Waals surface area contributed by atoms with Gasteiger partial charge in [-0.1, -0.05) is 62.4 Å². The number of rotatable bonds is 8. The van der Waals surface area contributed by atoms with Crippen molar-refractivity contribution in [2.24, 2.45) is 5.92 Å². The quantitative estimate of drug-likeness (QED) is 0.145. The molecule has 3 aromatic carbocycles. The van der Waals surface area contributed by atoms with Crippen LogP contribution in [0, 0.1) is 5.92 Å². The average Bonchev–Trinajstić information content (AvgIpc) is 3.98. The van der Waals surface area contributed by atoms with Gasteiger partial charge in [0.1, 0.15) is 23.3 Å². The Kier molecular flexibility index (Phi) is 10.2. The molecule has 0 aliphatic carbocycles. The molecule has 2 aromatic heterocycles. The standard InChI is InChI=1S/C42H49N7O5/c1-25(2)36(47-40(51)53-6)39(50)48-19-7-9-34(48)37-44-24-33(46-37)31-18-17-29-21-28(15-16-30(29)22-31)26-11-13-27(14-12-26)32-23-43-38(45-32)35-10-8-20-49(35)41(52)54-42(3,4)5/h11-18,21-25,34-36H,7-10,19-20H2,1-6H3,(H,43,45)(H,44,46)(H,47,51)/t34-,35?,36-/m0/s1. The first kappa shape index (κ1) is 36.7. The lowest BCUT2D eigenvalue weighted by Crippen LogP contribution is -2.51. The zero-order chi connectivity index (χ0) is 38.1. The van der Waals surface area contributed by atoms with Crippen LogP contribution in [0.2, 0.25) is 0 Å². The lowest BCUT2D eigenvalue weighted by molar-refractivity contribution is -0.135. The zero-order valence-corrected chi connectivity index (χ0v) is 31.8. The van der Waals surface area contributed by atoms with Crippen LogP contribution in [0.1, 0.15) is 84.0 Å². The van der Waals surface area contributed by atoms with Gasteiger partial charge in [-0.2, -0.15) is 0 Å². The molecule has 7 rings (SSSR count). The van der Waals surface area contributed by atoms with E-state index in [-0.39, 0.29) is 30.0 Å². The van der Waals surface area contributed by atoms with Crippen LogP contribution in [0.3, 0.4) is 0 Å². The van der Waals surface area contributed by atoms with E-state index in [0.717, 1.165) is 81.7 Å². The molecule has 0 radical (unpaired) electrons. The van der Waals surface area contributed by atoms with Gasteiger partial charge < -0.3 is 29.7 Å². The van der Waals surface area contributed by atoms with E-state index in [1.165, 1.54) is 7.11 Å². The Labute approximate surface area is 315 Å². The normalized spacial score (nSPS) is 18.0. The van der Waals surface area contributed by atoms with Crippen molar-refractivity contribution < 1.29 is 23.9 Å². The first-order valence-electron chi connectivity index (χ1n) is 18.8. The minimum absolute atomic E-state index is 0.0963. The van der Waals surface area contributed by atoms with E-state index in [1.54, 1.807) is 4.90 Å². The van der Waals surface area contributed by atoms with Crippen molar-refractivity contribution in [2.75, 3.05) is 20.2 Å². The second-order valence-corrected chi connectivity index (χ2v) is 15.6. The molecule has 3 atom stereocenters. The summed E-state index contributed by atoms with van der Waals surface area (Å²) in [5.74, 6) is 1.29. The molecule has 3 N–H and O–H groups in total. The van der Waals surface area contributed by atoms with Gasteiger partial charge in [0, 0.05) is 18.7 Å². The Bertz CT molecular complexity index is 2150. The minimum Gasteiger partial charge on any atom is -0.453 e. The van der Waals surface area contributed by atoms with Crippen LogP contribution in [0.5, 0.6) is 0 Å². The van der Waals surface area contributed by atoms with Crippen molar-refractivity contribution >= 4 is 28.9 Å². The summed E-state index contributed by atoms with van der Waals surface area (Å²) in [7, 11) is 1.30. The maximum absolute atomic E-state index is 13.6. The second kappa shape index (κ2) is 15.0. The summed E-state index contributed by atoms with van der Waals surface area (Å²) in [5, 5.41) is 4.93. The van der Waals surface area contributed by atoms with E-state index in [0.29, 0.717) is 13.1 Å². The largest absolute Gasteiger partial charge is 0.453 e. The summed E-state index contributed by atoms with van der Waals surface area (Å²) in [5.41, 5.74) is 5.48. The molecule has 54 heavy (non-hydrogen) atoms. The second-order valence-electron chi connectivity index (χ2n) is 15.6. The van der Waals surface area contributed by atoms with Crippen molar-refractivity contribution in [2.45, 2.75) is 84.0 Å². The fourth-order valence-electron chi connectivity index (χ4n) is 7.52. The third-order valence-corrected chi connectivity index (χ3v) is 10.3. The molecule has 0 bridgehead atoms. The number of hydrogen-bond donors (Lipinski definition) is 3. The molecule has 1 unspecified atom stereocenters. The summed E-state index contributed by atoms with van der Waals surface area (Å²) in [6.07, 6.45) is 6.15. The maximum Gasteiger partial charge on any atom is 0.410 e. The number of carbonyl (C=O) groups excluding carboxylic acids is 3. The van der Waals surface area contributed by atoms with Crippen LogP contribution in [-0.2, 0) is 14.3 Å². The molecule has 2 aliphatic heterocycles. The summed E-state index contributed by atoms with van der Waals surface area (Å²) >= 11 is 0. The van der Waals surface area contributed by atoms with Crippen molar-refractivity contribution in [3.8, 4) is 33.6 Å². The van der Waals surface area contributed by atoms with Gasteiger partial charge in [0.25, 0.3) is 0 Å². The first-order valence-corrected chi connectivity index (χ1v) is 18.8. The molecular weight excluding hydrogens is 683 g/mol. The average molecular weight is 732 g/mol. The smallest absolute Gasteiger partial charge is 0.410 e. The Balaban J connectivity index is 1.03. The molecule has 2 aliphatic rings. The van der Waals surface area contributed by atoms with E-state index >= 15 is 0 Å². The third kappa shape index (κ3) is 7.69. The number of nitrogens with one attached hydrogen (secondary N) is 3. The molecule has 4 heterocycles. The van der Waals surface area contributed by atoms with Crippen LogP contribution in [0.15, 0.2) is 73.1 Å². The van der Waals surface area contributed by atoms with Crippen molar-refractivity contribution in [3.05, 3.63) is 84.7 Å². The number of imidazole rings is 2. The summed E-state index contributed by atoms with van der Waals surface area (Å²) < 4.78 is 10.4. The fourth-order valence-corrected chi connectivity index (χ4v) is 7.52. The molecule has 12 nitrogen and oxygen atoms in total. The molecule has 282 valence electrons. The summed E-state index contributed by atoms with van der Waals surface area (Å²) in [6.45, 7) is 10.7. The van der Waals surface area contributed by atoms with Gasteiger partial charge in [0.15, 0.2) is 0 Å². The highest BCUT2D eigenvalue weighted by Gasteiger charge is 2.38. The fraction of sp³-hybridized carbons (Fsp3) is 0.405. The molecule has 3 amide bonds. The lowest BCUT2D eigenvalue weighted by atomic mass is 9.98. The molecule has 12 heteroatoms.